The van der Waals surface area contributed by atoms with Crippen molar-refractivity contribution in [3.63, 3.8) is 0 Å². The number of piperidine rings is 3. The van der Waals surface area contributed by atoms with Crippen LogP contribution >= 0.6 is 15.9 Å². The minimum atomic E-state index is -0.309. The van der Waals surface area contributed by atoms with Gasteiger partial charge < -0.3 is 40.4 Å². The van der Waals surface area contributed by atoms with E-state index in [2.05, 4.69) is 58.8 Å². The molecule has 8 heterocycles. The number of carbonyl (C=O) groups excluding carboxylic acids is 2. The summed E-state index contributed by atoms with van der Waals surface area (Å²) in [5, 5.41) is 20.9. The number of aliphatic hydroxyl groups is 2. The average Bonchev–Trinajstić information content (AvgIpc) is 4.02. The van der Waals surface area contributed by atoms with Gasteiger partial charge in [-0.25, -0.2) is 0 Å². The number of nitrogens with zero attached hydrogens (tertiary/aromatic N) is 7. The zero-order valence-electron chi connectivity index (χ0n) is 36.0. The van der Waals surface area contributed by atoms with Crippen LogP contribution in [0.2, 0.25) is 0 Å². The van der Waals surface area contributed by atoms with Crippen molar-refractivity contribution in [3.05, 3.63) is 126 Å². The predicted octanol–water partition coefficient (Wildman–Crippen LogP) is 1.48. The first-order chi connectivity index (χ1) is 29.2. The number of nitrogens with two attached hydrogens (primary N) is 1. The minimum absolute atomic E-state index is 0. The molecule has 1 aromatic carbocycles. The van der Waals surface area contributed by atoms with Crippen LogP contribution in [0.5, 0.6) is 0 Å². The number of benzene rings is 1. The number of likely N-dealkylation sites (tertiary alicyclic amines) is 3. The Morgan fingerprint density at radius 2 is 1.30 bits per heavy atom. The van der Waals surface area contributed by atoms with Gasteiger partial charge in [-0.1, -0.05) is 52.6 Å². The fraction of sp³-hybridized carbons (Fsp3) is 0.500. The monoisotopic (exact) mass is 892 g/mol. The number of ether oxygens (including phenoxy) is 1. The van der Waals surface area contributed by atoms with Crippen LogP contribution in [0.1, 0.15) is 76.0 Å². The zero-order chi connectivity index (χ0) is 42.7. The van der Waals surface area contributed by atoms with Crippen molar-refractivity contribution in [2.45, 2.75) is 68.4 Å². The number of hydrogen-bond donors (Lipinski definition) is 3. The molecule has 0 spiro atoms. The molecule has 2 amide bonds. The van der Waals surface area contributed by atoms with Crippen LogP contribution in [0.15, 0.2) is 97.5 Å². The minimum Gasteiger partial charge on any atom is -0.394 e. The molecule has 0 radical (unpaired) electrons. The van der Waals surface area contributed by atoms with E-state index in [1.54, 1.807) is 48.9 Å². The van der Waals surface area contributed by atoms with Crippen LogP contribution in [-0.4, -0.2) is 159 Å². The smallest absolute Gasteiger partial charge is 0.394 e. The van der Waals surface area contributed by atoms with Gasteiger partial charge in [0.1, 0.15) is 0 Å². The van der Waals surface area contributed by atoms with Crippen molar-refractivity contribution >= 4 is 27.7 Å². The number of pyridine rings is 3. The van der Waals surface area contributed by atoms with Gasteiger partial charge in [0, 0.05) is 73.7 Å². The van der Waals surface area contributed by atoms with Crippen molar-refractivity contribution in [1.82, 2.24) is 34.6 Å². The Bertz CT molecular complexity index is 1780. The van der Waals surface area contributed by atoms with Crippen LogP contribution < -0.4 is 24.6 Å². The average molecular weight is 894 g/mol. The summed E-state index contributed by atoms with van der Waals surface area (Å²) in [7, 11) is 4.19. The number of aromatic nitrogens is 3. The number of β-amino-alcohol motifs (C(OH)–C–C–N with tert-alkyl or cyclic N) is 2. The van der Waals surface area contributed by atoms with E-state index in [0.717, 1.165) is 88.2 Å². The summed E-state index contributed by atoms with van der Waals surface area (Å²) in [5.41, 5.74) is 8.58. The molecular weight excluding hydrogens is 831 g/mol. The molecule has 4 saturated heterocycles. The number of likely N-dealkylation sites (N-methyl/N-ethyl adjacent to an activating group) is 2. The topological polar surface area (TPSA) is 165 Å². The molecule has 5 aliphatic heterocycles. The number of fused-ring (bicyclic) bond motifs is 2. The van der Waals surface area contributed by atoms with Crippen molar-refractivity contribution < 1.29 is 43.4 Å². The normalized spacial score (nSPS) is 24.3. The number of amides is 2. The van der Waals surface area contributed by atoms with Gasteiger partial charge in [-0.15, -0.1) is 0 Å². The maximum atomic E-state index is 11.8. The Balaban J connectivity index is 0.000000173. The maximum absolute atomic E-state index is 11.8. The molecule has 5 aliphatic rings. The molecule has 4 aromatic rings. The summed E-state index contributed by atoms with van der Waals surface area (Å²) < 4.78 is 5.31. The predicted molar refractivity (Wildman–Crippen MR) is 237 cm³/mol. The summed E-state index contributed by atoms with van der Waals surface area (Å²) in [6.45, 7) is 8.13. The SMILES string of the molecule is CN1CCC(c2ccccn2)C(O)C1.CN1CCC2OC2C1.NCCCN1CCC(c2ccccn2)C(O)C1.O=C1c2ccccc2C(=O)N1CCCBr.[Li+].[c-]1ccccn1. The van der Waals surface area contributed by atoms with Gasteiger partial charge in [0.25, 0.3) is 11.8 Å². The number of carbonyl (C=O) groups is 2. The number of alkyl halides is 1. The van der Waals surface area contributed by atoms with Crippen molar-refractivity contribution in [2.75, 3.05) is 78.3 Å². The Labute approximate surface area is 382 Å². The first-order valence-corrected chi connectivity index (χ1v) is 22.2. The van der Waals surface area contributed by atoms with E-state index in [1.807, 2.05) is 55.6 Å². The fourth-order valence-corrected chi connectivity index (χ4v) is 8.01. The Hall–Kier alpha value is -3.39. The van der Waals surface area contributed by atoms with Gasteiger partial charge in [-0.3, -0.25) is 24.5 Å². The van der Waals surface area contributed by atoms with E-state index < -0.39 is 0 Å². The molecule has 6 unspecified atom stereocenters. The molecule has 9 rings (SSSR count). The number of imide groups is 1. The van der Waals surface area contributed by atoms with Gasteiger partial charge >= 0.3 is 18.9 Å². The summed E-state index contributed by atoms with van der Waals surface area (Å²) in [4.78, 5) is 44.0. The molecule has 15 heteroatoms. The van der Waals surface area contributed by atoms with Crippen LogP contribution in [0.3, 0.4) is 0 Å². The summed E-state index contributed by atoms with van der Waals surface area (Å²) in [5.74, 6) is 0.0610. The second kappa shape index (κ2) is 26.9. The van der Waals surface area contributed by atoms with Crippen molar-refractivity contribution in [2.24, 2.45) is 5.73 Å². The third-order valence-corrected chi connectivity index (χ3v) is 11.7. The molecule has 0 saturated carbocycles. The molecule has 4 fully saturated rings. The third kappa shape index (κ3) is 16.0. The summed E-state index contributed by atoms with van der Waals surface area (Å²) in [6, 6.07) is 24.2. The molecule has 6 atom stereocenters. The number of rotatable bonds is 8. The molecule has 4 N–H and O–H groups in total. The Kier molecular flexibility index (Phi) is 22.2. The first-order valence-electron chi connectivity index (χ1n) is 21.1. The molecule has 3 aromatic heterocycles. The third-order valence-electron chi connectivity index (χ3n) is 11.2. The van der Waals surface area contributed by atoms with Crippen LogP contribution in [0, 0.1) is 6.20 Å². The van der Waals surface area contributed by atoms with Gasteiger partial charge in [-0.05, 0) is 109 Å². The molecule has 0 aliphatic carbocycles. The molecular formula is C46H62BrLiN8O5. The second-order valence-corrected chi connectivity index (χ2v) is 16.5. The zero-order valence-corrected chi connectivity index (χ0v) is 37.6. The van der Waals surface area contributed by atoms with E-state index in [1.165, 1.54) is 17.9 Å². The van der Waals surface area contributed by atoms with Crippen LogP contribution in [-0.2, 0) is 4.74 Å². The van der Waals surface area contributed by atoms with E-state index >= 15 is 0 Å². The van der Waals surface area contributed by atoms with E-state index in [4.69, 9.17) is 10.5 Å². The van der Waals surface area contributed by atoms with E-state index in [0.29, 0.717) is 29.9 Å². The number of halogens is 1. The Morgan fingerprint density at radius 1 is 0.721 bits per heavy atom. The fourth-order valence-electron chi connectivity index (χ4n) is 7.76. The van der Waals surface area contributed by atoms with Gasteiger partial charge in [-0.2, -0.15) is 18.2 Å². The van der Waals surface area contributed by atoms with Crippen molar-refractivity contribution in [1.29, 1.82) is 0 Å². The van der Waals surface area contributed by atoms with Crippen LogP contribution in [0.25, 0.3) is 0 Å². The maximum Gasteiger partial charge on any atom is 1.00 e. The molecule has 0 bridgehead atoms. The molecule has 324 valence electrons. The van der Waals surface area contributed by atoms with Gasteiger partial charge in [0.2, 0.25) is 0 Å². The van der Waals surface area contributed by atoms with Crippen LogP contribution in [0.4, 0.5) is 0 Å². The standard InChI is InChI=1S/C13H21N3O.C11H10BrNO2.C11H16N2O.C6H11NO.C5H4N.Li/c14-6-3-8-16-9-5-11(13(17)10-16)12-4-1-2-7-15-12;12-6-3-7-13-10(14)8-4-1-2-5-9(8)11(13)15;1-13-7-5-9(11(14)8-13)10-4-2-3-6-12-10;1-7-3-2-5-6(4-7)8-5;1-2-4-6-5-3-1;/h1-2,4,7,11,13,17H,3,5-6,8-10,14H2;1-2,4-5H,3,6-7H2;2-4,6,9,11,14H,5,7-8H2,1H3;5-6H,2-4H2,1H3;1-4H;/q;;;;-1;+1. The van der Waals surface area contributed by atoms with E-state index in [-0.39, 0.29) is 54.7 Å². The molecule has 61 heavy (non-hydrogen) atoms. The summed E-state index contributed by atoms with van der Waals surface area (Å²) >= 11 is 3.28. The number of epoxide rings is 1. The van der Waals surface area contributed by atoms with Gasteiger partial charge in [0.05, 0.1) is 35.5 Å². The second-order valence-electron chi connectivity index (χ2n) is 15.7. The quantitative estimate of drug-likeness (QED) is 0.0770. The molecule has 13 nitrogen and oxygen atoms in total. The van der Waals surface area contributed by atoms with E-state index in [9.17, 15) is 19.8 Å². The summed E-state index contributed by atoms with van der Waals surface area (Å²) in [6.07, 6.45) is 13.6. The Morgan fingerprint density at radius 3 is 1.75 bits per heavy atom. The largest absolute Gasteiger partial charge is 1.00 e. The van der Waals surface area contributed by atoms with Gasteiger partial charge in [0.15, 0.2) is 0 Å². The number of aliphatic hydroxyl groups excluding tert-OH is 2. The van der Waals surface area contributed by atoms with Crippen molar-refractivity contribution in [3.8, 4) is 0 Å². The number of hydrogen-bond acceptors (Lipinski definition) is 12. The first kappa shape index (κ1) is 50.3.